The molecule has 0 bridgehead atoms. The summed E-state index contributed by atoms with van der Waals surface area (Å²) in [5, 5.41) is 7.19. The van der Waals surface area contributed by atoms with Gasteiger partial charge in [-0.2, -0.15) is 0 Å². The molecular weight excluding hydrogens is 637 g/mol. The van der Waals surface area contributed by atoms with Gasteiger partial charge >= 0.3 is 0 Å². The molecule has 3 aromatic heterocycles. The molecule has 0 unspecified atom stereocenters. The Labute approximate surface area is 297 Å². The van der Waals surface area contributed by atoms with Crippen LogP contribution in [0.2, 0.25) is 0 Å². The Balaban J connectivity index is 0.937. The molecule has 0 aliphatic carbocycles. The third-order valence-corrected chi connectivity index (χ3v) is 10.9. The molecule has 0 atom stereocenters. The molecule has 4 heterocycles. The molecule has 0 spiro atoms. The predicted molar refractivity (Wildman–Crippen MR) is 213 cm³/mol. The fourth-order valence-corrected chi connectivity index (χ4v) is 8.54. The highest BCUT2D eigenvalue weighted by Crippen LogP contribution is 2.46. The van der Waals surface area contributed by atoms with Crippen molar-refractivity contribution in [2.24, 2.45) is 0 Å². The van der Waals surface area contributed by atoms with Gasteiger partial charge in [-0.3, -0.25) is 0 Å². The third kappa shape index (κ3) is 3.81. The van der Waals surface area contributed by atoms with Crippen molar-refractivity contribution in [3.8, 4) is 45.1 Å². The van der Waals surface area contributed by atoms with E-state index in [1.165, 1.54) is 43.7 Å². The quantitative estimate of drug-likeness (QED) is 0.188. The summed E-state index contributed by atoms with van der Waals surface area (Å²) >= 11 is 0. The van der Waals surface area contributed by atoms with E-state index in [4.69, 9.17) is 9.15 Å². The van der Waals surface area contributed by atoms with E-state index >= 15 is 0 Å². The molecule has 52 heavy (non-hydrogen) atoms. The summed E-state index contributed by atoms with van der Waals surface area (Å²) in [5.74, 6) is 1.75. The van der Waals surface area contributed by atoms with E-state index in [-0.39, 0.29) is 0 Å². The minimum absolute atomic E-state index is 0.862. The molecule has 0 fully saturated rings. The summed E-state index contributed by atoms with van der Waals surface area (Å²) in [5.41, 5.74) is 13.2. The van der Waals surface area contributed by atoms with Gasteiger partial charge in [-0.05, 0) is 95.1 Å². The van der Waals surface area contributed by atoms with Gasteiger partial charge in [0.05, 0.1) is 27.8 Å². The number of ether oxygens (including phenoxy) is 1. The lowest BCUT2D eigenvalue weighted by Crippen LogP contribution is -2.04. The van der Waals surface area contributed by atoms with Gasteiger partial charge in [-0.1, -0.05) is 97.1 Å². The Bertz CT molecular complexity index is 3270. The van der Waals surface area contributed by atoms with Gasteiger partial charge in [0, 0.05) is 38.0 Å². The van der Waals surface area contributed by atoms with Crippen molar-refractivity contribution < 1.29 is 9.15 Å². The first-order valence-corrected chi connectivity index (χ1v) is 17.7. The molecule has 8 aromatic carbocycles. The van der Waals surface area contributed by atoms with Crippen molar-refractivity contribution in [2.75, 3.05) is 0 Å². The van der Waals surface area contributed by atoms with Crippen LogP contribution in [0.1, 0.15) is 0 Å². The van der Waals surface area contributed by atoms with E-state index in [0.29, 0.717) is 0 Å². The first-order chi connectivity index (χ1) is 25.8. The highest BCUT2D eigenvalue weighted by molar-refractivity contribution is 6.13. The van der Waals surface area contributed by atoms with Gasteiger partial charge in [-0.25, -0.2) is 0 Å². The molecule has 4 nitrogen and oxygen atoms in total. The third-order valence-electron chi connectivity index (χ3n) is 10.9. The average Bonchev–Trinajstić information content (AvgIpc) is 3.86. The van der Waals surface area contributed by atoms with Crippen LogP contribution in [-0.2, 0) is 0 Å². The van der Waals surface area contributed by atoms with E-state index < -0.39 is 0 Å². The van der Waals surface area contributed by atoms with Crippen LogP contribution in [0.4, 0.5) is 0 Å². The van der Waals surface area contributed by atoms with Crippen LogP contribution < -0.4 is 4.74 Å². The van der Waals surface area contributed by atoms with Gasteiger partial charge in [0.2, 0.25) is 0 Å². The Morgan fingerprint density at radius 1 is 0.346 bits per heavy atom. The lowest BCUT2D eigenvalue weighted by molar-refractivity contribution is 0.476. The van der Waals surface area contributed by atoms with Crippen molar-refractivity contribution in [2.45, 2.75) is 0 Å². The number of benzene rings is 8. The molecular formula is C48H28N2O2. The number of furan rings is 1. The topological polar surface area (TPSA) is 32.2 Å². The van der Waals surface area contributed by atoms with Gasteiger partial charge < -0.3 is 18.3 Å². The normalized spacial score (nSPS) is 12.4. The highest BCUT2D eigenvalue weighted by atomic mass is 16.5. The van der Waals surface area contributed by atoms with Crippen molar-refractivity contribution in [1.29, 1.82) is 0 Å². The SMILES string of the molecule is c1ccc2c(c1)oc1cc(-c3ccc4c(c3)c3ccccc3n4-c3ccc(-c4ccc5c(c4)Oc4cccc6c7ccccc7n-5c46)cc3)ccc12. The summed E-state index contributed by atoms with van der Waals surface area (Å²) < 4.78 is 17.5. The molecule has 0 saturated carbocycles. The van der Waals surface area contributed by atoms with Crippen LogP contribution in [-0.4, -0.2) is 9.13 Å². The standard InChI is InChI=1S/C48H28N2O2/c1-5-13-41-34(8-1)38-11-7-15-45-48(38)50(41)43-25-20-31(28-47(43)52-45)29-16-21-33(22-17-29)49-40-12-4-2-9-35(40)39-26-30(19-24-42(39)49)32-18-23-37-36-10-3-6-14-44(36)51-46(37)27-32/h1-28H. The van der Waals surface area contributed by atoms with Gasteiger partial charge in [0.25, 0.3) is 0 Å². The zero-order valence-electron chi connectivity index (χ0n) is 27.9. The Morgan fingerprint density at radius 2 is 0.962 bits per heavy atom. The molecule has 242 valence electrons. The highest BCUT2D eigenvalue weighted by Gasteiger charge is 2.24. The average molecular weight is 665 g/mol. The number of hydrogen-bond acceptors (Lipinski definition) is 2. The van der Waals surface area contributed by atoms with Crippen LogP contribution in [0.15, 0.2) is 174 Å². The maximum atomic E-state index is 6.57. The minimum Gasteiger partial charge on any atom is -0.456 e. The van der Waals surface area contributed by atoms with Crippen LogP contribution >= 0.6 is 0 Å². The summed E-state index contributed by atoms with van der Waals surface area (Å²) in [7, 11) is 0. The zero-order valence-corrected chi connectivity index (χ0v) is 27.9. The van der Waals surface area contributed by atoms with Crippen LogP contribution in [0.25, 0.3) is 99.2 Å². The van der Waals surface area contributed by atoms with E-state index in [1.807, 2.05) is 12.1 Å². The second-order valence-electron chi connectivity index (χ2n) is 13.7. The molecule has 0 N–H and O–H groups in total. The number of rotatable bonds is 3. The van der Waals surface area contributed by atoms with Crippen molar-refractivity contribution in [3.63, 3.8) is 0 Å². The van der Waals surface area contributed by atoms with Crippen molar-refractivity contribution in [3.05, 3.63) is 170 Å². The fraction of sp³-hybridized carbons (Fsp3) is 0. The number of aromatic nitrogens is 2. The van der Waals surface area contributed by atoms with Crippen molar-refractivity contribution >= 4 is 65.6 Å². The molecule has 0 amide bonds. The summed E-state index contributed by atoms with van der Waals surface area (Å²) in [4.78, 5) is 0. The monoisotopic (exact) mass is 664 g/mol. The lowest BCUT2D eigenvalue weighted by atomic mass is 10.0. The fourth-order valence-electron chi connectivity index (χ4n) is 8.54. The van der Waals surface area contributed by atoms with Gasteiger partial charge in [-0.15, -0.1) is 0 Å². The molecule has 1 aliphatic rings. The summed E-state index contributed by atoms with van der Waals surface area (Å²) in [6.45, 7) is 0. The molecule has 0 radical (unpaired) electrons. The van der Waals surface area contributed by atoms with Crippen LogP contribution in [0.3, 0.4) is 0 Å². The first kappa shape index (κ1) is 27.7. The van der Waals surface area contributed by atoms with Gasteiger partial charge in [0.1, 0.15) is 11.2 Å². The summed E-state index contributed by atoms with van der Waals surface area (Å²) in [6.07, 6.45) is 0. The van der Waals surface area contributed by atoms with Gasteiger partial charge in [0.15, 0.2) is 11.5 Å². The van der Waals surface area contributed by atoms with Crippen LogP contribution in [0.5, 0.6) is 11.5 Å². The molecule has 11 aromatic rings. The Morgan fingerprint density at radius 3 is 1.83 bits per heavy atom. The number of para-hydroxylation sites is 4. The minimum atomic E-state index is 0.862. The predicted octanol–water partition coefficient (Wildman–Crippen LogP) is 13.2. The summed E-state index contributed by atoms with van der Waals surface area (Å²) in [6, 6.07) is 60.6. The number of fused-ring (bicyclic) bond motifs is 11. The molecule has 12 rings (SSSR count). The smallest absolute Gasteiger partial charge is 0.152 e. The second-order valence-corrected chi connectivity index (χ2v) is 13.7. The maximum Gasteiger partial charge on any atom is 0.152 e. The Kier molecular flexibility index (Phi) is 5.47. The molecule has 1 aliphatic heterocycles. The number of hydrogen-bond donors (Lipinski definition) is 0. The lowest BCUT2D eigenvalue weighted by Gasteiger charge is -2.21. The van der Waals surface area contributed by atoms with E-state index in [0.717, 1.165) is 67.0 Å². The van der Waals surface area contributed by atoms with E-state index in [2.05, 4.69) is 167 Å². The molecule has 0 saturated heterocycles. The van der Waals surface area contributed by atoms with Crippen molar-refractivity contribution in [1.82, 2.24) is 9.13 Å². The molecule has 4 heteroatoms. The number of nitrogens with zero attached hydrogens (tertiary/aromatic N) is 2. The largest absolute Gasteiger partial charge is 0.456 e. The van der Waals surface area contributed by atoms with Crippen LogP contribution in [0, 0.1) is 0 Å². The first-order valence-electron chi connectivity index (χ1n) is 17.7. The zero-order chi connectivity index (χ0) is 33.9. The Hall–Kier alpha value is -7.04. The van der Waals surface area contributed by atoms with E-state index in [1.54, 1.807) is 0 Å². The second kappa shape index (κ2) is 10.3. The maximum absolute atomic E-state index is 6.57. The van der Waals surface area contributed by atoms with E-state index in [9.17, 15) is 0 Å².